The Labute approximate surface area is 182 Å². The van der Waals surface area contributed by atoms with Gasteiger partial charge in [-0.15, -0.1) is 0 Å². The molecule has 0 unspecified atom stereocenters. The highest BCUT2D eigenvalue weighted by atomic mass is 35.5. The molecule has 31 heavy (non-hydrogen) atoms. The van der Waals surface area contributed by atoms with Gasteiger partial charge in [-0.05, 0) is 49.6 Å². The molecule has 1 amide bonds. The van der Waals surface area contributed by atoms with Gasteiger partial charge in [-0.3, -0.25) is 9.59 Å². The number of halogens is 3. The zero-order valence-electron chi connectivity index (χ0n) is 16.6. The van der Waals surface area contributed by atoms with Crippen molar-refractivity contribution in [3.8, 4) is 5.75 Å². The summed E-state index contributed by atoms with van der Waals surface area (Å²) in [6.07, 6.45) is 1.03. The number of hydrogen-bond donors (Lipinski definition) is 2. The standard InChI is InChI=1S/C22H21ClF2N2O4/c23-13-1-4-17(16(25)11-13)27-9-7-22(8-10-27,21(29)30)12-31-18-5-3-15(24)20-14(18)2-6-19(28)26-20/h1,3-5,11H,2,6-10,12H2,(H,26,28)(H,29,30). The number of carbonyl (C=O) groups is 2. The molecule has 0 saturated carbocycles. The molecular formula is C22H21ClF2N2O4. The maximum Gasteiger partial charge on any atom is 0.313 e. The first-order valence-corrected chi connectivity index (χ1v) is 10.3. The van der Waals surface area contributed by atoms with Gasteiger partial charge in [-0.25, -0.2) is 8.78 Å². The van der Waals surface area contributed by atoms with Crippen LogP contribution in [0.15, 0.2) is 30.3 Å². The van der Waals surface area contributed by atoms with E-state index in [1.165, 1.54) is 18.2 Å². The minimum Gasteiger partial charge on any atom is -0.492 e. The van der Waals surface area contributed by atoms with Crippen LogP contribution < -0.4 is 15.0 Å². The Morgan fingerprint density at radius 3 is 2.58 bits per heavy atom. The molecule has 2 aliphatic rings. The first-order chi connectivity index (χ1) is 14.8. The van der Waals surface area contributed by atoms with Crippen LogP contribution >= 0.6 is 11.6 Å². The van der Waals surface area contributed by atoms with Crippen molar-refractivity contribution < 1.29 is 28.2 Å². The van der Waals surface area contributed by atoms with Crippen molar-refractivity contribution in [3.63, 3.8) is 0 Å². The Kier molecular flexibility index (Phi) is 5.75. The minimum absolute atomic E-state index is 0.0890. The van der Waals surface area contributed by atoms with Crippen LogP contribution in [0.5, 0.6) is 5.75 Å². The smallest absolute Gasteiger partial charge is 0.313 e. The van der Waals surface area contributed by atoms with Crippen molar-refractivity contribution in [3.05, 3.63) is 52.6 Å². The molecule has 9 heteroatoms. The predicted molar refractivity (Wildman–Crippen MR) is 112 cm³/mol. The van der Waals surface area contributed by atoms with E-state index in [1.54, 1.807) is 17.0 Å². The van der Waals surface area contributed by atoms with E-state index in [0.717, 1.165) is 0 Å². The Hall–Kier alpha value is -2.87. The molecule has 0 bridgehead atoms. The van der Waals surface area contributed by atoms with Crippen molar-refractivity contribution >= 4 is 34.9 Å². The number of piperidine rings is 1. The highest BCUT2D eigenvalue weighted by Crippen LogP contribution is 2.38. The average Bonchev–Trinajstić information content (AvgIpc) is 2.74. The number of nitrogens with one attached hydrogen (secondary N) is 1. The Bertz CT molecular complexity index is 1040. The summed E-state index contributed by atoms with van der Waals surface area (Å²) in [5, 5.41) is 12.7. The summed E-state index contributed by atoms with van der Waals surface area (Å²) in [5.74, 6) is -1.91. The van der Waals surface area contributed by atoms with Gasteiger partial charge < -0.3 is 20.1 Å². The van der Waals surface area contributed by atoms with Crippen molar-refractivity contribution in [2.24, 2.45) is 5.41 Å². The largest absolute Gasteiger partial charge is 0.492 e. The normalized spacial score (nSPS) is 17.6. The maximum atomic E-state index is 14.2. The lowest BCUT2D eigenvalue weighted by Crippen LogP contribution is -2.48. The molecule has 2 aliphatic heterocycles. The summed E-state index contributed by atoms with van der Waals surface area (Å²) in [6.45, 7) is 0.572. The van der Waals surface area contributed by atoms with Crippen LogP contribution in [-0.2, 0) is 16.0 Å². The number of carbonyl (C=O) groups excluding carboxylic acids is 1. The fourth-order valence-electron chi connectivity index (χ4n) is 4.11. The SMILES string of the molecule is O=C1CCc2c(OCC3(C(=O)O)CCN(c4ccc(Cl)cc4F)CC3)ccc(F)c2N1. The first kappa shape index (κ1) is 21.4. The lowest BCUT2D eigenvalue weighted by atomic mass is 9.79. The van der Waals surface area contributed by atoms with Crippen LogP contribution in [0.3, 0.4) is 0 Å². The van der Waals surface area contributed by atoms with Crippen LogP contribution in [-0.4, -0.2) is 36.7 Å². The Balaban J connectivity index is 1.49. The topological polar surface area (TPSA) is 78.9 Å². The number of nitrogens with zero attached hydrogens (tertiary/aromatic N) is 1. The van der Waals surface area contributed by atoms with Gasteiger partial charge in [0.2, 0.25) is 5.91 Å². The van der Waals surface area contributed by atoms with Gasteiger partial charge in [0.25, 0.3) is 0 Å². The lowest BCUT2D eigenvalue weighted by molar-refractivity contribution is -0.152. The molecular weight excluding hydrogens is 430 g/mol. The Morgan fingerprint density at radius 2 is 1.90 bits per heavy atom. The average molecular weight is 451 g/mol. The fourth-order valence-corrected chi connectivity index (χ4v) is 4.27. The van der Waals surface area contributed by atoms with E-state index in [2.05, 4.69) is 5.32 Å². The molecule has 0 aromatic heterocycles. The number of rotatable bonds is 5. The van der Waals surface area contributed by atoms with Crippen LogP contribution in [0.2, 0.25) is 5.02 Å². The molecule has 0 radical (unpaired) electrons. The summed E-state index contributed by atoms with van der Waals surface area (Å²) >= 11 is 5.81. The van der Waals surface area contributed by atoms with Crippen molar-refractivity contribution in [1.82, 2.24) is 0 Å². The quantitative estimate of drug-likeness (QED) is 0.712. The monoisotopic (exact) mass is 450 g/mol. The van der Waals surface area contributed by atoms with Crippen LogP contribution in [0.25, 0.3) is 0 Å². The fraction of sp³-hybridized carbons (Fsp3) is 0.364. The molecule has 1 saturated heterocycles. The third-order valence-corrected chi connectivity index (χ3v) is 6.25. The molecule has 1 fully saturated rings. The van der Waals surface area contributed by atoms with Crippen molar-refractivity contribution in [2.75, 3.05) is 29.9 Å². The second-order valence-electron chi connectivity index (χ2n) is 7.90. The van der Waals surface area contributed by atoms with Gasteiger partial charge in [-0.1, -0.05) is 11.6 Å². The molecule has 2 aromatic rings. The van der Waals surface area contributed by atoms with Gasteiger partial charge in [0, 0.05) is 30.1 Å². The molecule has 2 heterocycles. The maximum absolute atomic E-state index is 14.2. The third-order valence-electron chi connectivity index (χ3n) is 6.01. The third kappa shape index (κ3) is 4.17. The van der Waals surface area contributed by atoms with E-state index in [9.17, 15) is 23.5 Å². The van der Waals surface area contributed by atoms with E-state index in [4.69, 9.17) is 16.3 Å². The number of benzene rings is 2. The summed E-state index contributed by atoms with van der Waals surface area (Å²) in [6, 6.07) is 7.06. The number of fused-ring (bicyclic) bond motifs is 1. The van der Waals surface area contributed by atoms with Gasteiger partial charge >= 0.3 is 5.97 Å². The van der Waals surface area contributed by atoms with E-state index >= 15 is 0 Å². The summed E-state index contributed by atoms with van der Waals surface area (Å²) in [5.41, 5.74) is -0.155. The van der Waals surface area contributed by atoms with Crippen LogP contribution in [0.1, 0.15) is 24.8 Å². The molecule has 4 rings (SSSR count). The summed E-state index contributed by atoms with van der Waals surface area (Å²) in [7, 11) is 0. The van der Waals surface area contributed by atoms with Gasteiger partial charge in [0.1, 0.15) is 29.4 Å². The molecule has 0 spiro atoms. The second kappa shape index (κ2) is 8.34. The minimum atomic E-state index is -1.15. The summed E-state index contributed by atoms with van der Waals surface area (Å²) in [4.78, 5) is 25.5. The molecule has 6 nitrogen and oxygen atoms in total. The number of aliphatic carboxylic acids is 1. The molecule has 2 N–H and O–H groups in total. The van der Waals surface area contributed by atoms with E-state index < -0.39 is 23.0 Å². The zero-order valence-corrected chi connectivity index (χ0v) is 17.3. The zero-order chi connectivity index (χ0) is 22.2. The Morgan fingerprint density at radius 1 is 1.16 bits per heavy atom. The first-order valence-electron chi connectivity index (χ1n) is 9.96. The number of ether oxygens (including phenoxy) is 1. The van der Waals surface area contributed by atoms with Gasteiger partial charge in [0.15, 0.2) is 0 Å². The van der Waals surface area contributed by atoms with Crippen LogP contribution in [0.4, 0.5) is 20.2 Å². The van der Waals surface area contributed by atoms with Gasteiger partial charge in [0.05, 0.1) is 11.4 Å². The number of hydrogen-bond acceptors (Lipinski definition) is 4. The molecule has 2 aromatic carbocycles. The van der Waals surface area contributed by atoms with Gasteiger partial charge in [-0.2, -0.15) is 0 Å². The number of carboxylic acids is 1. The highest BCUT2D eigenvalue weighted by Gasteiger charge is 2.43. The van der Waals surface area contributed by atoms with Crippen molar-refractivity contribution in [2.45, 2.75) is 25.7 Å². The number of amides is 1. The number of carboxylic acid groups (broad SMARTS) is 1. The molecule has 0 aliphatic carbocycles. The van der Waals surface area contributed by atoms with E-state index in [0.29, 0.717) is 41.5 Å². The highest BCUT2D eigenvalue weighted by molar-refractivity contribution is 6.30. The van der Waals surface area contributed by atoms with Crippen molar-refractivity contribution in [1.29, 1.82) is 0 Å². The lowest BCUT2D eigenvalue weighted by Gasteiger charge is -2.39. The van der Waals surface area contributed by atoms with E-state index in [-0.39, 0.29) is 37.5 Å². The summed E-state index contributed by atoms with van der Waals surface area (Å²) < 4.78 is 34.2. The van der Waals surface area contributed by atoms with Crippen LogP contribution in [0, 0.1) is 17.0 Å². The molecule has 164 valence electrons. The second-order valence-corrected chi connectivity index (χ2v) is 8.34. The van der Waals surface area contributed by atoms with E-state index in [1.807, 2.05) is 0 Å². The predicted octanol–water partition coefficient (Wildman–Crippen LogP) is 4.25. The molecule has 0 atom stereocenters. The number of anilines is 2.